The standard InChI is InChI=1S/C15H13BrCl2/c1-10-8-12(4-7-15(10)18)14(16)9-11-2-5-13(17)6-3-11/h2-8,14H,9H2,1H3. The molecule has 0 bridgehead atoms. The molecule has 0 fully saturated rings. The van der Waals surface area contributed by atoms with Crippen LogP contribution in [0, 0.1) is 6.92 Å². The lowest BCUT2D eigenvalue weighted by Gasteiger charge is -2.12. The SMILES string of the molecule is Cc1cc(C(Br)Cc2ccc(Cl)cc2)ccc1Cl. The molecule has 0 nitrogen and oxygen atoms in total. The summed E-state index contributed by atoms with van der Waals surface area (Å²) >= 11 is 15.6. The Labute approximate surface area is 126 Å². The molecule has 0 aromatic heterocycles. The van der Waals surface area contributed by atoms with Crippen LogP contribution >= 0.6 is 39.1 Å². The first-order chi connectivity index (χ1) is 8.56. The van der Waals surface area contributed by atoms with E-state index in [1.54, 1.807) is 0 Å². The number of alkyl halides is 1. The van der Waals surface area contributed by atoms with Crippen molar-refractivity contribution in [3.8, 4) is 0 Å². The van der Waals surface area contributed by atoms with Crippen LogP contribution in [0.3, 0.4) is 0 Å². The van der Waals surface area contributed by atoms with E-state index >= 15 is 0 Å². The first kappa shape index (κ1) is 13.9. The Morgan fingerprint density at radius 2 is 1.72 bits per heavy atom. The van der Waals surface area contributed by atoms with Crippen molar-refractivity contribution in [2.45, 2.75) is 18.2 Å². The van der Waals surface area contributed by atoms with Gasteiger partial charge in [0.2, 0.25) is 0 Å². The summed E-state index contributed by atoms with van der Waals surface area (Å²) in [5, 5.41) is 1.58. The molecule has 3 heteroatoms. The Morgan fingerprint density at radius 1 is 1.06 bits per heavy atom. The highest BCUT2D eigenvalue weighted by Crippen LogP contribution is 2.29. The fourth-order valence-electron chi connectivity index (χ4n) is 1.81. The molecular weight excluding hydrogens is 331 g/mol. The lowest BCUT2D eigenvalue weighted by molar-refractivity contribution is 0.947. The van der Waals surface area contributed by atoms with Gasteiger partial charge in [-0.25, -0.2) is 0 Å². The van der Waals surface area contributed by atoms with E-state index in [-0.39, 0.29) is 4.83 Å². The topological polar surface area (TPSA) is 0 Å². The highest BCUT2D eigenvalue weighted by atomic mass is 79.9. The van der Waals surface area contributed by atoms with Crippen LogP contribution in [0.15, 0.2) is 42.5 Å². The molecule has 0 saturated heterocycles. The van der Waals surface area contributed by atoms with E-state index in [4.69, 9.17) is 23.2 Å². The minimum absolute atomic E-state index is 0.287. The molecule has 0 N–H and O–H groups in total. The predicted octanol–water partition coefficient (Wildman–Crippen LogP) is 5.98. The number of hydrogen-bond donors (Lipinski definition) is 0. The van der Waals surface area contributed by atoms with Crippen molar-refractivity contribution in [2.24, 2.45) is 0 Å². The maximum absolute atomic E-state index is 6.03. The molecule has 0 spiro atoms. The van der Waals surface area contributed by atoms with Crippen molar-refractivity contribution in [2.75, 3.05) is 0 Å². The van der Waals surface area contributed by atoms with Crippen LogP contribution in [0.1, 0.15) is 21.5 Å². The van der Waals surface area contributed by atoms with Gasteiger partial charge in [-0.2, -0.15) is 0 Å². The third-order valence-electron chi connectivity index (χ3n) is 2.87. The molecule has 2 rings (SSSR count). The van der Waals surface area contributed by atoms with Crippen LogP contribution in [0.5, 0.6) is 0 Å². The molecule has 0 aliphatic heterocycles. The molecule has 0 heterocycles. The largest absolute Gasteiger partial charge is 0.0843 e. The average Bonchev–Trinajstić information content (AvgIpc) is 2.35. The highest BCUT2D eigenvalue weighted by Gasteiger charge is 2.09. The normalized spacial score (nSPS) is 12.4. The molecule has 0 aliphatic rings. The summed E-state index contributed by atoms with van der Waals surface area (Å²) in [6.07, 6.45) is 0.929. The minimum atomic E-state index is 0.287. The van der Waals surface area contributed by atoms with E-state index < -0.39 is 0 Å². The van der Waals surface area contributed by atoms with Gasteiger partial charge in [0, 0.05) is 14.9 Å². The summed E-state index contributed by atoms with van der Waals surface area (Å²) in [7, 11) is 0. The van der Waals surface area contributed by atoms with Gasteiger partial charge in [-0.05, 0) is 48.2 Å². The van der Waals surface area contributed by atoms with E-state index in [1.807, 2.05) is 25.1 Å². The number of halogens is 3. The van der Waals surface area contributed by atoms with Crippen LogP contribution in [0.2, 0.25) is 10.0 Å². The molecule has 2 aromatic rings. The first-order valence-electron chi connectivity index (χ1n) is 5.71. The van der Waals surface area contributed by atoms with Gasteiger partial charge in [0.15, 0.2) is 0 Å². The van der Waals surface area contributed by atoms with Crippen LogP contribution in [-0.2, 0) is 6.42 Å². The molecule has 2 aromatic carbocycles. The van der Waals surface area contributed by atoms with Gasteiger partial charge >= 0.3 is 0 Å². The van der Waals surface area contributed by atoms with E-state index in [9.17, 15) is 0 Å². The maximum atomic E-state index is 6.03. The Balaban J connectivity index is 2.13. The summed E-state index contributed by atoms with van der Waals surface area (Å²) in [4.78, 5) is 0.287. The summed E-state index contributed by atoms with van der Waals surface area (Å²) in [6, 6.07) is 14.1. The Kier molecular flexibility index (Phi) is 4.71. The van der Waals surface area contributed by atoms with Gasteiger partial charge in [-0.3, -0.25) is 0 Å². The van der Waals surface area contributed by atoms with Crippen LogP contribution < -0.4 is 0 Å². The monoisotopic (exact) mass is 342 g/mol. The van der Waals surface area contributed by atoms with Crippen LogP contribution in [-0.4, -0.2) is 0 Å². The Hall–Kier alpha value is -0.500. The summed E-state index contributed by atoms with van der Waals surface area (Å²) in [5.41, 5.74) is 3.61. The quantitative estimate of drug-likeness (QED) is 0.601. The fourth-order valence-corrected chi connectivity index (χ4v) is 2.71. The van der Waals surface area contributed by atoms with Gasteiger partial charge in [0.25, 0.3) is 0 Å². The Morgan fingerprint density at radius 3 is 2.33 bits per heavy atom. The zero-order valence-corrected chi connectivity index (χ0v) is 13.1. The average molecular weight is 344 g/mol. The smallest absolute Gasteiger partial charge is 0.0435 e. The summed E-state index contributed by atoms with van der Waals surface area (Å²) < 4.78 is 0. The van der Waals surface area contributed by atoms with Crippen molar-refractivity contribution < 1.29 is 0 Å². The number of benzene rings is 2. The molecule has 1 unspecified atom stereocenters. The van der Waals surface area contributed by atoms with Crippen LogP contribution in [0.4, 0.5) is 0 Å². The Bertz CT molecular complexity index is 535. The van der Waals surface area contributed by atoms with Gasteiger partial charge < -0.3 is 0 Å². The molecule has 18 heavy (non-hydrogen) atoms. The lowest BCUT2D eigenvalue weighted by atomic mass is 10.0. The third-order valence-corrected chi connectivity index (χ3v) is 4.40. The van der Waals surface area contributed by atoms with Crippen molar-refractivity contribution in [3.63, 3.8) is 0 Å². The van der Waals surface area contributed by atoms with Gasteiger partial charge in [0.1, 0.15) is 0 Å². The van der Waals surface area contributed by atoms with E-state index in [0.29, 0.717) is 0 Å². The molecular formula is C15H13BrCl2. The summed E-state index contributed by atoms with van der Waals surface area (Å²) in [5.74, 6) is 0. The first-order valence-corrected chi connectivity index (χ1v) is 7.38. The fraction of sp³-hybridized carbons (Fsp3) is 0.200. The third kappa shape index (κ3) is 3.50. The molecule has 94 valence electrons. The number of hydrogen-bond acceptors (Lipinski definition) is 0. The minimum Gasteiger partial charge on any atom is -0.0843 e. The van der Waals surface area contributed by atoms with Gasteiger partial charge in [0.05, 0.1) is 0 Å². The van der Waals surface area contributed by atoms with Gasteiger partial charge in [-0.1, -0.05) is 63.4 Å². The molecule has 0 aliphatic carbocycles. The second-order valence-electron chi connectivity index (χ2n) is 4.31. The number of rotatable bonds is 3. The van der Waals surface area contributed by atoms with Crippen molar-refractivity contribution >= 4 is 39.1 Å². The molecule has 0 radical (unpaired) electrons. The van der Waals surface area contributed by atoms with Crippen molar-refractivity contribution in [1.29, 1.82) is 0 Å². The second-order valence-corrected chi connectivity index (χ2v) is 6.26. The molecule has 1 atom stereocenters. The van der Waals surface area contributed by atoms with Crippen LogP contribution in [0.25, 0.3) is 0 Å². The summed E-state index contributed by atoms with van der Waals surface area (Å²) in [6.45, 7) is 2.02. The lowest BCUT2D eigenvalue weighted by Crippen LogP contribution is -1.96. The van der Waals surface area contributed by atoms with E-state index in [1.165, 1.54) is 11.1 Å². The second kappa shape index (κ2) is 6.10. The zero-order valence-electron chi connectivity index (χ0n) is 9.96. The predicted molar refractivity (Wildman–Crippen MR) is 83.0 cm³/mol. The van der Waals surface area contributed by atoms with Gasteiger partial charge in [-0.15, -0.1) is 0 Å². The maximum Gasteiger partial charge on any atom is 0.0435 e. The van der Waals surface area contributed by atoms with E-state index in [2.05, 4.69) is 40.2 Å². The van der Waals surface area contributed by atoms with Crippen molar-refractivity contribution in [1.82, 2.24) is 0 Å². The van der Waals surface area contributed by atoms with Crippen molar-refractivity contribution in [3.05, 3.63) is 69.2 Å². The molecule has 0 amide bonds. The zero-order chi connectivity index (χ0) is 13.1. The number of aryl methyl sites for hydroxylation is 1. The van der Waals surface area contributed by atoms with E-state index in [0.717, 1.165) is 22.0 Å². The highest BCUT2D eigenvalue weighted by molar-refractivity contribution is 9.09. The molecule has 0 saturated carbocycles.